The average Bonchev–Trinajstić information content (AvgIpc) is 3.35. The van der Waals surface area contributed by atoms with Gasteiger partial charge >= 0.3 is 5.97 Å². The molecule has 4 aromatic rings. The van der Waals surface area contributed by atoms with Gasteiger partial charge in [0.1, 0.15) is 0 Å². The lowest BCUT2D eigenvalue weighted by Crippen LogP contribution is -2.01. The third-order valence-corrected chi connectivity index (χ3v) is 4.59. The van der Waals surface area contributed by atoms with Gasteiger partial charge in [-0.25, -0.2) is 24.4 Å². The Labute approximate surface area is 210 Å². The topological polar surface area (TPSA) is 155 Å². The second-order valence-electron chi connectivity index (χ2n) is 6.60. The van der Waals surface area contributed by atoms with Crippen LogP contribution >= 0.6 is 15.9 Å². The first kappa shape index (κ1) is 27.9. The van der Waals surface area contributed by atoms with E-state index >= 15 is 0 Å². The number of pyridine rings is 3. The maximum atomic E-state index is 12.5. The predicted octanol–water partition coefficient (Wildman–Crippen LogP) is 4.71. The number of rotatable bonds is 6. The molecular formula is C21H17BrF3N9O2. The summed E-state index contributed by atoms with van der Waals surface area (Å²) >= 11 is 3.22. The number of nitrogens with zero attached hydrogens (tertiary/aromatic N) is 9. The summed E-state index contributed by atoms with van der Waals surface area (Å²) in [5.41, 5.74) is 10.2. The van der Waals surface area contributed by atoms with E-state index in [0.717, 1.165) is 10.9 Å². The summed E-state index contributed by atoms with van der Waals surface area (Å²) in [7, 11) is 0. The molecule has 11 nitrogen and oxygen atoms in total. The second kappa shape index (κ2) is 14.8. The summed E-state index contributed by atoms with van der Waals surface area (Å²) in [6.07, 6.45) is 5.50. The Bertz CT molecular complexity index is 1280. The number of carbonyl (C=O) groups is 1. The van der Waals surface area contributed by atoms with Crippen LogP contribution in [0.2, 0.25) is 0 Å². The van der Waals surface area contributed by atoms with Crippen LogP contribution in [-0.4, -0.2) is 41.0 Å². The molecule has 15 heteroatoms. The molecule has 0 amide bonds. The van der Waals surface area contributed by atoms with Crippen molar-refractivity contribution in [1.82, 2.24) is 29.9 Å². The molecule has 0 bridgehead atoms. The fourth-order valence-electron chi connectivity index (χ4n) is 2.26. The molecule has 0 saturated heterocycles. The fourth-order valence-corrected chi connectivity index (χ4v) is 2.59. The first-order chi connectivity index (χ1) is 17.3. The van der Waals surface area contributed by atoms with Crippen LogP contribution in [0.25, 0.3) is 10.4 Å². The molecule has 0 aromatic carbocycles. The lowest BCUT2D eigenvalue weighted by atomic mass is 10.3. The molecule has 0 saturated carbocycles. The van der Waals surface area contributed by atoms with Gasteiger partial charge in [0.15, 0.2) is 5.69 Å². The number of aromatic nitrogens is 6. The number of halogens is 4. The van der Waals surface area contributed by atoms with Gasteiger partial charge in [0.25, 0.3) is 0 Å². The number of hydrogen-bond donors (Lipinski definition) is 1. The van der Waals surface area contributed by atoms with Crippen LogP contribution in [-0.2, 0) is 18.4 Å². The minimum atomic E-state index is -1.14. The third-order valence-electron chi connectivity index (χ3n) is 3.94. The molecule has 0 unspecified atom stereocenters. The first-order valence-corrected chi connectivity index (χ1v) is 10.9. The highest BCUT2D eigenvalue weighted by molar-refractivity contribution is 9.08. The molecule has 0 atom stereocenters. The van der Waals surface area contributed by atoms with Crippen LogP contribution < -0.4 is 0 Å². The molecule has 0 fully saturated rings. The van der Waals surface area contributed by atoms with Crippen molar-refractivity contribution in [3.63, 3.8) is 0 Å². The van der Waals surface area contributed by atoms with E-state index in [1.165, 1.54) is 53.7 Å². The second-order valence-corrected chi connectivity index (χ2v) is 7.16. The van der Waals surface area contributed by atoms with Crippen LogP contribution in [0.3, 0.4) is 0 Å². The van der Waals surface area contributed by atoms with Gasteiger partial charge in [0.2, 0.25) is 17.8 Å². The number of aromatic carboxylic acids is 1. The molecule has 4 rings (SSSR count). The van der Waals surface area contributed by atoms with Crippen LogP contribution in [0.1, 0.15) is 27.2 Å². The van der Waals surface area contributed by atoms with Gasteiger partial charge in [-0.1, -0.05) is 44.5 Å². The Kier molecular flexibility index (Phi) is 11.5. The Balaban J connectivity index is 0.000000200. The molecule has 0 aliphatic rings. The highest BCUT2D eigenvalue weighted by Crippen LogP contribution is 2.04. The molecule has 0 aliphatic carbocycles. The number of alkyl halides is 1. The normalized spacial score (nSPS) is 9.67. The molecule has 0 aliphatic heterocycles. The molecule has 4 aromatic heterocycles. The van der Waals surface area contributed by atoms with E-state index < -0.39 is 23.8 Å². The van der Waals surface area contributed by atoms with E-state index in [2.05, 4.69) is 51.2 Å². The van der Waals surface area contributed by atoms with Gasteiger partial charge in [-0.15, -0.1) is 5.10 Å². The van der Waals surface area contributed by atoms with Crippen molar-refractivity contribution in [2.75, 3.05) is 0 Å². The minimum absolute atomic E-state index is 0.130. The molecule has 186 valence electrons. The van der Waals surface area contributed by atoms with Crippen LogP contribution in [0, 0.1) is 17.8 Å². The molecular weight excluding hydrogens is 547 g/mol. The molecule has 36 heavy (non-hydrogen) atoms. The standard InChI is InChI=1S/C9H7FN4O2.C6H5BrFN.C6H5FN4/c10-8-2-1-6(3-11-8)4-14-5-7(9(15)16)12-13-14;7-3-5-1-2-6(8)9-4-5;7-6-2-1-5(3-9-6)4-10-11-8/h1-3,5H,4H2,(H,15,16);1-2,4H,3H2;1-3H,4H2. The number of carboxylic acids is 1. The number of carboxylic acid groups (broad SMARTS) is 1. The van der Waals surface area contributed by atoms with Crippen LogP contribution in [0.15, 0.2) is 66.3 Å². The zero-order valence-corrected chi connectivity index (χ0v) is 19.9. The highest BCUT2D eigenvalue weighted by atomic mass is 79.9. The molecule has 0 spiro atoms. The van der Waals surface area contributed by atoms with E-state index in [-0.39, 0.29) is 12.2 Å². The Morgan fingerprint density at radius 3 is 1.89 bits per heavy atom. The lowest BCUT2D eigenvalue weighted by Gasteiger charge is -1.99. The maximum Gasteiger partial charge on any atom is 0.358 e. The minimum Gasteiger partial charge on any atom is -0.476 e. The van der Waals surface area contributed by atoms with Gasteiger partial charge in [-0.3, -0.25) is 0 Å². The zero-order chi connectivity index (χ0) is 26.3. The largest absolute Gasteiger partial charge is 0.476 e. The van der Waals surface area contributed by atoms with Gasteiger partial charge < -0.3 is 5.11 Å². The van der Waals surface area contributed by atoms with Crippen molar-refractivity contribution in [2.24, 2.45) is 5.11 Å². The fraction of sp³-hybridized carbons (Fsp3) is 0.143. The monoisotopic (exact) mass is 563 g/mol. The third kappa shape index (κ3) is 10.3. The summed E-state index contributed by atoms with van der Waals surface area (Å²) in [4.78, 5) is 23.4. The van der Waals surface area contributed by atoms with Crippen molar-refractivity contribution in [3.8, 4) is 0 Å². The van der Waals surface area contributed by atoms with Crippen LogP contribution in [0.4, 0.5) is 13.2 Å². The van der Waals surface area contributed by atoms with Crippen molar-refractivity contribution in [1.29, 1.82) is 0 Å². The Morgan fingerprint density at radius 2 is 1.47 bits per heavy atom. The predicted molar refractivity (Wildman–Crippen MR) is 124 cm³/mol. The van der Waals surface area contributed by atoms with Gasteiger partial charge in [0, 0.05) is 28.8 Å². The molecule has 0 radical (unpaired) electrons. The van der Waals surface area contributed by atoms with E-state index in [0.29, 0.717) is 17.7 Å². The van der Waals surface area contributed by atoms with Crippen molar-refractivity contribution < 1.29 is 23.1 Å². The summed E-state index contributed by atoms with van der Waals surface area (Å²) in [5, 5.41) is 19.7. The Hall–Kier alpha value is -4.36. The zero-order valence-electron chi connectivity index (χ0n) is 18.3. The van der Waals surface area contributed by atoms with Crippen molar-refractivity contribution in [2.45, 2.75) is 18.4 Å². The molecule has 1 N–H and O–H groups in total. The van der Waals surface area contributed by atoms with Crippen molar-refractivity contribution in [3.05, 3.63) is 112 Å². The van der Waals surface area contributed by atoms with E-state index in [1.807, 2.05) is 0 Å². The summed E-state index contributed by atoms with van der Waals surface area (Å²) in [5.74, 6) is -2.66. The Morgan fingerprint density at radius 1 is 0.944 bits per heavy atom. The van der Waals surface area contributed by atoms with Gasteiger partial charge in [-0.2, -0.15) is 13.2 Å². The summed E-state index contributed by atoms with van der Waals surface area (Å²) in [6, 6.07) is 8.56. The van der Waals surface area contributed by atoms with Gasteiger partial charge in [0.05, 0.1) is 19.3 Å². The van der Waals surface area contributed by atoms with Gasteiger partial charge in [-0.05, 0) is 40.4 Å². The average molecular weight is 564 g/mol. The van der Waals surface area contributed by atoms with Crippen molar-refractivity contribution >= 4 is 21.9 Å². The summed E-state index contributed by atoms with van der Waals surface area (Å²) in [6.45, 7) is 0.511. The highest BCUT2D eigenvalue weighted by Gasteiger charge is 2.08. The van der Waals surface area contributed by atoms with E-state index in [9.17, 15) is 18.0 Å². The van der Waals surface area contributed by atoms with E-state index in [4.69, 9.17) is 10.6 Å². The SMILES string of the molecule is Fc1ccc(CBr)cn1.O=C(O)c1cn(Cc2ccc(F)nc2)nn1.[N-]=[N+]=NCc1ccc(F)nc1. The summed E-state index contributed by atoms with van der Waals surface area (Å²) < 4.78 is 38.1. The quantitative estimate of drug-likeness (QED) is 0.117. The molecule has 4 heterocycles. The smallest absolute Gasteiger partial charge is 0.358 e. The number of azide groups is 1. The van der Waals surface area contributed by atoms with E-state index in [1.54, 1.807) is 12.1 Å². The maximum absolute atomic E-state index is 12.5. The number of hydrogen-bond acceptors (Lipinski definition) is 7. The van der Waals surface area contributed by atoms with Crippen LogP contribution in [0.5, 0.6) is 0 Å². The lowest BCUT2D eigenvalue weighted by molar-refractivity contribution is 0.0690. The first-order valence-electron chi connectivity index (χ1n) is 9.82.